The Morgan fingerprint density at radius 1 is 1.14 bits per heavy atom. The Balaban J connectivity index is 2.80. The molecule has 1 aromatic rings. The van der Waals surface area contributed by atoms with Crippen molar-refractivity contribution in [2.45, 2.75) is 10.7 Å². The smallest absolute Gasteiger partial charge is 0.366 e. The minimum absolute atomic E-state index is 0.376. The summed E-state index contributed by atoms with van der Waals surface area (Å²) in [5.41, 5.74) is 2.28. The third-order valence-corrected chi connectivity index (χ3v) is 2.86. The number of hydrogen-bond acceptors (Lipinski definition) is 7. The fourth-order valence-electron chi connectivity index (χ4n) is 1.20. The van der Waals surface area contributed by atoms with E-state index in [2.05, 4.69) is 20.0 Å². The highest BCUT2D eigenvalue weighted by Crippen LogP contribution is 2.26. The Morgan fingerprint density at radius 2 is 1.67 bits per heavy atom. The van der Waals surface area contributed by atoms with Crippen molar-refractivity contribution < 1.29 is 27.8 Å². The molecule has 0 aliphatic heterocycles. The standard InChI is InChI=1S/C12H12F2N2O4S/c1-19-10(17)9(11(18)20-2)16-15-7-3-5-8(6-4-7)21-12(13)14/h3-6,12,15H,1-2H3. The van der Waals surface area contributed by atoms with Gasteiger partial charge in [-0.3, -0.25) is 5.43 Å². The van der Waals surface area contributed by atoms with Crippen molar-refractivity contribution in [2.24, 2.45) is 5.10 Å². The SMILES string of the molecule is COC(=O)C(=NNc1ccc(SC(F)F)cc1)C(=O)OC. The van der Waals surface area contributed by atoms with E-state index in [4.69, 9.17) is 0 Å². The van der Waals surface area contributed by atoms with Gasteiger partial charge in [0, 0.05) is 4.90 Å². The summed E-state index contributed by atoms with van der Waals surface area (Å²) in [4.78, 5) is 23.0. The number of carbonyl (C=O) groups excluding carboxylic acids is 2. The summed E-state index contributed by atoms with van der Waals surface area (Å²) in [6, 6.07) is 5.84. The van der Waals surface area contributed by atoms with Crippen LogP contribution in [0.2, 0.25) is 0 Å². The Morgan fingerprint density at radius 3 is 2.10 bits per heavy atom. The number of thioether (sulfide) groups is 1. The van der Waals surface area contributed by atoms with Crippen molar-refractivity contribution >= 4 is 35.1 Å². The molecule has 0 heterocycles. The van der Waals surface area contributed by atoms with E-state index in [9.17, 15) is 18.4 Å². The van der Waals surface area contributed by atoms with Crippen LogP contribution in [-0.4, -0.2) is 37.6 Å². The lowest BCUT2D eigenvalue weighted by atomic mass is 10.3. The number of esters is 2. The molecule has 9 heteroatoms. The molecule has 0 spiro atoms. The second-order valence-corrected chi connectivity index (χ2v) is 4.52. The molecular weight excluding hydrogens is 306 g/mol. The van der Waals surface area contributed by atoms with Crippen LogP contribution < -0.4 is 5.43 Å². The third-order valence-electron chi connectivity index (χ3n) is 2.13. The van der Waals surface area contributed by atoms with Crippen LogP contribution in [0.25, 0.3) is 0 Å². The van der Waals surface area contributed by atoms with Gasteiger partial charge in [-0.15, -0.1) is 0 Å². The number of ether oxygens (including phenoxy) is 2. The average Bonchev–Trinajstić information content (AvgIpc) is 2.47. The molecule has 6 nitrogen and oxygen atoms in total. The maximum absolute atomic E-state index is 12.2. The van der Waals surface area contributed by atoms with Crippen LogP contribution in [0.5, 0.6) is 0 Å². The van der Waals surface area contributed by atoms with Crippen LogP contribution in [0.1, 0.15) is 0 Å². The van der Waals surface area contributed by atoms with Crippen molar-refractivity contribution in [1.82, 2.24) is 0 Å². The molecular formula is C12H12F2N2O4S. The average molecular weight is 318 g/mol. The maximum atomic E-state index is 12.2. The van der Waals surface area contributed by atoms with E-state index in [-0.39, 0.29) is 0 Å². The number of benzene rings is 1. The van der Waals surface area contributed by atoms with Crippen LogP contribution >= 0.6 is 11.8 Å². The van der Waals surface area contributed by atoms with Crippen molar-refractivity contribution in [2.75, 3.05) is 19.6 Å². The summed E-state index contributed by atoms with van der Waals surface area (Å²) in [6.07, 6.45) is 0. The molecule has 0 radical (unpaired) electrons. The zero-order chi connectivity index (χ0) is 15.8. The van der Waals surface area contributed by atoms with Gasteiger partial charge < -0.3 is 9.47 Å². The number of hydrazone groups is 1. The number of anilines is 1. The molecule has 21 heavy (non-hydrogen) atoms. The summed E-state index contributed by atoms with van der Waals surface area (Å²) >= 11 is 0.403. The first kappa shape index (κ1) is 16.9. The number of hydrogen-bond donors (Lipinski definition) is 1. The first-order chi connectivity index (χ1) is 9.97. The Bertz CT molecular complexity index is 517. The van der Waals surface area contributed by atoms with Crippen molar-refractivity contribution in [3.8, 4) is 0 Å². The van der Waals surface area contributed by atoms with Gasteiger partial charge in [0.2, 0.25) is 0 Å². The molecule has 0 saturated carbocycles. The quantitative estimate of drug-likeness (QED) is 0.285. The zero-order valence-corrected chi connectivity index (χ0v) is 11.9. The summed E-state index contributed by atoms with van der Waals surface area (Å²) in [5.74, 6) is -4.43. The largest absolute Gasteiger partial charge is 0.464 e. The third kappa shape index (κ3) is 5.38. The number of methoxy groups -OCH3 is 2. The van der Waals surface area contributed by atoms with Crippen molar-refractivity contribution in [3.05, 3.63) is 24.3 Å². The fraction of sp³-hybridized carbons (Fsp3) is 0.250. The molecule has 0 amide bonds. The van der Waals surface area contributed by atoms with E-state index in [1.807, 2.05) is 0 Å². The molecule has 1 aromatic carbocycles. The van der Waals surface area contributed by atoms with Gasteiger partial charge in [0.25, 0.3) is 11.5 Å². The van der Waals surface area contributed by atoms with E-state index < -0.39 is 23.4 Å². The van der Waals surface area contributed by atoms with Crippen LogP contribution in [0.4, 0.5) is 14.5 Å². The van der Waals surface area contributed by atoms with Gasteiger partial charge in [-0.2, -0.15) is 13.9 Å². The minimum Gasteiger partial charge on any atom is -0.464 e. The lowest BCUT2D eigenvalue weighted by Crippen LogP contribution is -2.27. The molecule has 0 unspecified atom stereocenters. The lowest BCUT2D eigenvalue weighted by Gasteiger charge is -2.05. The maximum Gasteiger partial charge on any atom is 0.366 e. The number of carbonyl (C=O) groups is 2. The Hall–Kier alpha value is -2.16. The van der Waals surface area contributed by atoms with E-state index in [0.717, 1.165) is 14.2 Å². The normalized spacial score (nSPS) is 9.95. The Kier molecular flexibility index (Phi) is 6.60. The topological polar surface area (TPSA) is 77.0 Å². The van der Waals surface area contributed by atoms with Gasteiger partial charge in [-0.05, 0) is 24.3 Å². The zero-order valence-electron chi connectivity index (χ0n) is 11.1. The van der Waals surface area contributed by atoms with Crippen LogP contribution in [0.15, 0.2) is 34.3 Å². The van der Waals surface area contributed by atoms with Gasteiger partial charge in [-0.1, -0.05) is 11.8 Å². The van der Waals surface area contributed by atoms with Gasteiger partial charge in [-0.25, -0.2) is 9.59 Å². The van der Waals surface area contributed by atoms with Gasteiger partial charge in [0.15, 0.2) is 0 Å². The fourth-order valence-corrected chi connectivity index (χ4v) is 1.70. The number of alkyl halides is 2. The first-order valence-corrected chi connectivity index (χ1v) is 6.41. The molecule has 0 bridgehead atoms. The molecule has 0 aliphatic carbocycles. The Labute approximate surface area is 123 Å². The van der Waals surface area contributed by atoms with E-state index >= 15 is 0 Å². The predicted octanol–water partition coefficient (Wildman–Crippen LogP) is 2.12. The highest BCUT2D eigenvalue weighted by atomic mass is 32.2. The molecule has 0 aliphatic rings. The van der Waals surface area contributed by atoms with Crippen molar-refractivity contribution in [1.29, 1.82) is 0 Å². The van der Waals surface area contributed by atoms with Gasteiger partial charge in [0.1, 0.15) is 0 Å². The molecule has 0 saturated heterocycles. The minimum atomic E-state index is -2.51. The molecule has 0 atom stereocenters. The summed E-state index contributed by atoms with van der Waals surface area (Å²) in [7, 11) is 2.19. The van der Waals surface area contributed by atoms with Gasteiger partial charge >= 0.3 is 11.9 Å². The van der Waals surface area contributed by atoms with E-state index in [0.29, 0.717) is 22.3 Å². The number of nitrogens with one attached hydrogen (secondary N) is 1. The molecule has 1 N–H and O–H groups in total. The predicted molar refractivity (Wildman–Crippen MR) is 73.4 cm³/mol. The second-order valence-electron chi connectivity index (χ2n) is 3.46. The van der Waals surface area contributed by atoms with Crippen molar-refractivity contribution in [3.63, 3.8) is 0 Å². The number of nitrogens with zero attached hydrogens (tertiary/aromatic N) is 1. The molecule has 114 valence electrons. The highest BCUT2D eigenvalue weighted by molar-refractivity contribution is 7.99. The second kappa shape index (κ2) is 8.20. The summed E-state index contributed by atoms with van der Waals surface area (Å²) in [6.45, 7) is 0. The molecule has 1 rings (SSSR count). The monoisotopic (exact) mass is 318 g/mol. The number of rotatable bonds is 6. The summed E-state index contributed by atoms with van der Waals surface area (Å²) < 4.78 is 33.1. The molecule has 0 fully saturated rings. The summed E-state index contributed by atoms with van der Waals surface area (Å²) in [5, 5.41) is 3.59. The van der Waals surface area contributed by atoms with Gasteiger partial charge in [0.05, 0.1) is 19.9 Å². The number of halogens is 2. The van der Waals surface area contributed by atoms with E-state index in [1.54, 1.807) is 0 Å². The van der Waals surface area contributed by atoms with Crippen LogP contribution in [0.3, 0.4) is 0 Å². The van der Waals surface area contributed by atoms with Crippen LogP contribution in [0, 0.1) is 0 Å². The molecule has 0 aromatic heterocycles. The first-order valence-electron chi connectivity index (χ1n) is 5.53. The highest BCUT2D eigenvalue weighted by Gasteiger charge is 2.22. The van der Waals surface area contributed by atoms with Crippen LogP contribution in [-0.2, 0) is 19.1 Å². The lowest BCUT2D eigenvalue weighted by molar-refractivity contribution is -0.138. The van der Waals surface area contributed by atoms with E-state index in [1.165, 1.54) is 24.3 Å².